The molecule has 19 heavy (non-hydrogen) atoms. The van der Waals surface area contributed by atoms with E-state index in [0.717, 1.165) is 31.1 Å². The van der Waals surface area contributed by atoms with Crippen molar-refractivity contribution < 1.29 is 4.74 Å². The van der Waals surface area contributed by atoms with Gasteiger partial charge in [-0.05, 0) is 31.6 Å². The maximum atomic E-state index is 5.18. The van der Waals surface area contributed by atoms with E-state index in [1.54, 1.807) is 11.6 Å². The minimum absolute atomic E-state index is 0.403. The fourth-order valence-corrected chi connectivity index (χ4v) is 2.35. The molecule has 0 bridgehead atoms. The molecule has 0 radical (unpaired) electrons. The van der Waals surface area contributed by atoms with Crippen LogP contribution in [-0.2, 0) is 4.74 Å². The molecule has 2 aromatic rings. The van der Waals surface area contributed by atoms with Gasteiger partial charge >= 0.3 is 0 Å². The van der Waals surface area contributed by atoms with Gasteiger partial charge in [0.1, 0.15) is 12.1 Å². The topological polar surface area (TPSA) is 64.3 Å². The number of aryl methyl sites for hydroxylation is 1. The van der Waals surface area contributed by atoms with Crippen LogP contribution in [0.1, 0.15) is 25.0 Å². The van der Waals surface area contributed by atoms with Gasteiger partial charge in [-0.1, -0.05) is 0 Å². The number of fused-ring (bicyclic) bond motifs is 1. The van der Waals surface area contributed by atoms with Crippen LogP contribution in [0.15, 0.2) is 12.4 Å². The van der Waals surface area contributed by atoms with E-state index in [1.165, 1.54) is 19.2 Å². The van der Waals surface area contributed by atoms with E-state index in [9.17, 15) is 0 Å². The molecule has 1 fully saturated rings. The molecule has 3 rings (SSSR count). The lowest BCUT2D eigenvalue weighted by molar-refractivity contribution is 0.175. The summed E-state index contributed by atoms with van der Waals surface area (Å²) in [5, 5.41) is 7.69. The lowest BCUT2D eigenvalue weighted by atomic mass is 10.0. The molecule has 1 aliphatic carbocycles. The molecule has 6 nitrogen and oxygen atoms in total. The summed E-state index contributed by atoms with van der Waals surface area (Å²) in [5.41, 5.74) is 1.35. The van der Waals surface area contributed by atoms with E-state index in [-0.39, 0.29) is 0 Å². The average molecular weight is 261 g/mol. The third-order valence-corrected chi connectivity index (χ3v) is 3.82. The Hall–Kier alpha value is -1.69. The zero-order chi connectivity index (χ0) is 13.3. The molecule has 1 aliphatic rings. The number of nitrogens with one attached hydrogen (secondary N) is 1. The van der Waals surface area contributed by atoms with Crippen LogP contribution >= 0.6 is 0 Å². The monoisotopic (exact) mass is 261 g/mol. The molecule has 0 aromatic carbocycles. The minimum atomic E-state index is 0.403. The fraction of sp³-hybridized carbons (Fsp3) is 0.615. The molecule has 102 valence electrons. The molecule has 0 spiro atoms. The number of methoxy groups -OCH3 is 1. The second kappa shape index (κ2) is 4.77. The molecule has 1 saturated carbocycles. The average Bonchev–Trinajstić information content (AvgIpc) is 3.02. The number of aromatic nitrogens is 4. The minimum Gasteiger partial charge on any atom is -0.385 e. The lowest BCUT2D eigenvalue weighted by Crippen LogP contribution is -2.19. The Bertz CT molecular complexity index is 575. The van der Waals surface area contributed by atoms with Crippen molar-refractivity contribution in [3.63, 3.8) is 0 Å². The molecule has 1 N–H and O–H groups in total. The van der Waals surface area contributed by atoms with Gasteiger partial charge in [0.25, 0.3) is 5.78 Å². The predicted octanol–water partition coefficient (Wildman–Crippen LogP) is 1.66. The fourth-order valence-electron chi connectivity index (χ4n) is 2.35. The summed E-state index contributed by atoms with van der Waals surface area (Å²) in [6.45, 7) is 3.75. The summed E-state index contributed by atoms with van der Waals surface area (Å²) in [6, 6.07) is 2.01. The van der Waals surface area contributed by atoms with E-state index >= 15 is 0 Å². The quantitative estimate of drug-likeness (QED) is 0.856. The first kappa shape index (κ1) is 12.3. The summed E-state index contributed by atoms with van der Waals surface area (Å²) >= 11 is 0. The Morgan fingerprint density at radius 1 is 1.47 bits per heavy atom. The van der Waals surface area contributed by atoms with Crippen molar-refractivity contribution in [1.29, 1.82) is 0 Å². The summed E-state index contributed by atoms with van der Waals surface area (Å²) < 4.78 is 6.93. The molecule has 2 heterocycles. The normalized spacial score (nSPS) is 16.7. The summed E-state index contributed by atoms with van der Waals surface area (Å²) in [5.74, 6) is 1.60. The molecule has 0 amide bonds. The van der Waals surface area contributed by atoms with Crippen molar-refractivity contribution in [3.8, 4) is 0 Å². The van der Waals surface area contributed by atoms with Crippen LogP contribution in [0.2, 0.25) is 0 Å². The Morgan fingerprint density at radius 3 is 3.05 bits per heavy atom. The third kappa shape index (κ3) is 2.53. The van der Waals surface area contributed by atoms with Crippen LogP contribution in [0, 0.1) is 12.3 Å². The third-order valence-electron chi connectivity index (χ3n) is 3.82. The number of anilines is 1. The van der Waals surface area contributed by atoms with Crippen LogP contribution in [-0.4, -0.2) is 39.8 Å². The summed E-state index contributed by atoms with van der Waals surface area (Å²) in [7, 11) is 1.76. The number of rotatable bonds is 6. The van der Waals surface area contributed by atoms with E-state index in [1.807, 2.05) is 13.0 Å². The summed E-state index contributed by atoms with van der Waals surface area (Å²) in [4.78, 5) is 8.47. The van der Waals surface area contributed by atoms with Crippen molar-refractivity contribution in [2.45, 2.75) is 26.2 Å². The van der Waals surface area contributed by atoms with Crippen molar-refractivity contribution in [3.05, 3.63) is 18.1 Å². The molecule has 0 aliphatic heterocycles. The highest BCUT2D eigenvalue weighted by atomic mass is 16.5. The molecule has 0 saturated heterocycles. The van der Waals surface area contributed by atoms with Crippen LogP contribution < -0.4 is 5.32 Å². The van der Waals surface area contributed by atoms with Crippen LogP contribution in [0.5, 0.6) is 0 Å². The number of hydrogen-bond acceptors (Lipinski definition) is 5. The number of hydrogen-bond donors (Lipinski definition) is 1. The van der Waals surface area contributed by atoms with Crippen molar-refractivity contribution in [2.24, 2.45) is 5.41 Å². The summed E-state index contributed by atoms with van der Waals surface area (Å²) in [6.07, 6.45) is 5.19. The highest BCUT2D eigenvalue weighted by molar-refractivity contribution is 5.45. The lowest BCUT2D eigenvalue weighted by Gasteiger charge is -2.16. The molecular weight excluding hydrogens is 242 g/mol. The molecule has 0 unspecified atom stereocenters. The van der Waals surface area contributed by atoms with Gasteiger partial charge in [0.2, 0.25) is 0 Å². The van der Waals surface area contributed by atoms with Crippen LogP contribution in [0.4, 0.5) is 5.82 Å². The SMILES string of the molecule is COCCC1(CNc2cc(C)nc3ncnn23)CC1. The predicted molar refractivity (Wildman–Crippen MR) is 72.2 cm³/mol. The highest BCUT2D eigenvalue weighted by Crippen LogP contribution is 2.48. The Labute approximate surface area is 112 Å². The van der Waals surface area contributed by atoms with Crippen LogP contribution in [0.25, 0.3) is 5.78 Å². The zero-order valence-corrected chi connectivity index (χ0v) is 11.4. The van der Waals surface area contributed by atoms with Gasteiger partial charge in [-0.3, -0.25) is 0 Å². The highest BCUT2D eigenvalue weighted by Gasteiger charge is 2.41. The van der Waals surface area contributed by atoms with Gasteiger partial charge in [-0.15, -0.1) is 0 Å². The maximum absolute atomic E-state index is 5.18. The first-order chi connectivity index (χ1) is 9.22. The van der Waals surface area contributed by atoms with Crippen molar-refractivity contribution in [1.82, 2.24) is 19.6 Å². The van der Waals surface area contributed by atoms with E-state index < -0.39 is 0 Å². The van der Waals surface area contributed by atoms with Crippen molar-refractivity contribution >= 4 is 11.6 Å². The zero-order valence-electron chi connectivity index (χ0n) is 11.4. The Morgan fingerprint density at radius 2 is 2.32 bits per heavy atom. The van der Waals surface area contributed by atoms with Gasteiger partial charge in [0.05, 0.1) is 0 Å². The molecule has 0 atom stereocenters. The second-order valence-corrected chi connectivity index (χ2v) is 5.35. The Kier molecular flexibility index (Phi) is 3.10. The van der Waals surface area contributed by atoms with Crippen LogP contribution in [0.3, 0.4) is 0 Å². The van der Waals surface area contributed by atoms with E-state index in [0.29, 0.717) is 11.2 Å². The molecule has 6 heteroatoms. The van der Waals surface area contributed by atoms with E-state index in [2.05, 4.69) is 20.4 Å². The first-order valence-corrected chi connectivity index (χ1v) is 6.63. The van der Waals surface area contributed by atoms with Gasteiger partial charge in [0.15, 0.2) is 0 Å². The Balaban J connectivity index is 1.73. The van der Waals surface area contributed by atoms with Crippen molar-refractivity contribution in [2.75, 3.05) is 25.6 Å². The number of nitrogens with zero attached hydrogens (tertiary/aromatic N) is 4. The van der Waals surface area contributed by atoms with Gasteiger partial charge in [-0.25, -0.2) is 4.98 Å². The molecular formula is C13H19N5O. The standard InChI is InChI=1S/C13H19N5O/c1-10-7-11(18-12(17-10)15-9-16-18)14-8-13(3-4-13)5-6-19-2/h7,9,14H,3-6,8H2,1-2H3. The largest absolute Gasteiger partial charge is 0.385 e. The maximum Gasteiger partial charge on any atom is 0.254 e. The van der Waals surface area contributed by atoms with E-state index in [4.69, 9.17) is 4.74 Å². The second-order valence-electron chi connectivity index (χ2n) is 5.35. The van der Waals surface area contributed by atoms with Gasteiger partial charge in [0, 0.05) is 32.0 Å². The molecule has 2 aromatic heterocycles. The first-order valence-electron chi connectivity index (χ1n) is 6.63. The van der Waals surface area contributed by atoms with Gasteiger partial charge in [-0.2, -0.15) is 14.6 Å². The smallest absolute Gasteiger partial charge is 0.254 e. The number of ether oxygens (including phenoxy) is 1. The van der Waals surface area contributed by atoms with Gasteiger partial charge < -0.3 is 10.1 Å².